The summed E-state index contributed by atoms with van der Waals surface area (Å²) in [5, 5.41) is 10.7. The number of hydrogen-bond donors (Lipinski definition) is 0. The van der Waals surface area contributed by atoms with Crippen LogP contribution in [0.3, 0.4) is 0 Å². The zero-order valence-electron chi connectivity index (χ0n) is 26.3. The molecule has 5 aromatic carbocycles. The molecular weight excluding hydrogens is 480 g/mol. The van der Waals surface area contributed by atoms with E-state index in [0.717, 1.165) is 24.7 Å². The molecule has 2 atom stereocenters. The topological polar surface area (TPSA) is 0 Å². The van der Waals surface area contributed by atoms with Gasteiger partial charge >= 0.3 is 0 Å². The second-order valence-electron chi connectivity index (χ2n) is 15.4. The van der Waals surface area contributed by atoms with E-state index in [1.807, 2.05) is 0 Å². The van der Waals surface area contributed by atoms with Gasteiger partial charge in [-0.05, 0) is 152 Å². The molecule has 0 saturated heterocycles. The van der Waals surface area contributed by atoms with Crippen molar-refractivity contribution in [2.75, 3.05) is 0 Å². The van der Waals surface area contributed by atoms with Crippen LogP contribution in [0.2, 0.25) is 0 Å². The van der Waals surface area contributed by atoms with E-state index < -0.39 is 0 Å². The second kappa shape index (κ2) is 11.2. The van der Waals surface area contributed by atoms with Gasteiger partial charge in [-0.1, -0.05) is 91.8 Å². The molecule has 210 valence electrons. The van der Waals surface area contributed by atoms with Crippen molar-refractivity contribution >= 4 is 43.1 Å². The van der Waals surface area contributed by atoms with Gasteiger partial charge in [0, 0.05) is 0 Å². The molecule has 0 aliphatic heterocycles. The van der Waals surface area contributed by atoms with Crippen molar-refractivity contribution in [1.82, 2.24) is 0 Å². The number of hydrogen-bond acceptors (Lipinski definition) is 0. The Hall–Kier alpha value is -2.86. The fourth-order valence-electron chi connectivity index (χ4n) is 7.03. The van der Waals surface area contributed by atoms with Crippen LogP contribution in [0.15, 0.2) is 72.8 Å². The van der Waals surface area contributed by atoms with Crippen molar-refractivity contribution in [2.45, 2.75) is 93.9 Å². The van der Waals surface area contributed by atoms with Crippen LogP contribution in [0.1, 0.15) is 92.2 Å². The standard InChI is InChI=1S/C40H50/c1-27(25-39(3,4)5)9-11-29-13-15-31-19-35-23-36-20-32-16-14-30(12-10-28(2)26-40(6,7)8)18-34(32)22-38(36)24-37(35)21-33(31)17-29/h13-24,27-28H,9-12,25-26H2,1-8H3. The third-order valence-electron chi connectivity index (χ3n) is 8.61. The number of benzene rings is 5. The summed E-state index contributed by atoms with van der Waals surface area (Å²) in [5.74, 6) is 1.50. The summed E-state index contributed by atoms with van der Waals surface area (Å²) < 4.78 is 0. The molecule has 0 amide bonds. The van der Waals surface area contributed by atoms with Crippen molar-refractivity contribution in [3.8, 4) is 0 Å². The first-order valence-corrected chi connectivity index (χ1v) is 15.6. The minimum atomic E-state index is 0.405. The Morgan fingerprint density at radius 3 is 1.05 bits per heavy atom. The Morgan fingerprint density at radius 2 is 0.725 bits per heavy atom. The van der Waals surface area contributed by atoms with Crippen LogP contribution < -0.4 is 0 Å². The quantitative estimate of drug-likeness (QED) is 0.175. The first-order valence-electron chi connectivity index (χ1n) is 15.6. The molecule has 2 unspecified atom stereocenters. The molecule has 0 saturated carbocycles. The lowest BCUT2D eigenvalue weighted by molar-refractivity contribution is 0.296. The van der Waals surface area contributed by atoms with E-state index in [1.165, 1.54) is 79.9 Å². The molecule has 0 aromatic heterocycles. The number of fused-ring (bicyclic) bond motifs is 4. The number of aryl methyl sites for hydroxylation is 2. The first-order chi connectivity index (χ1) is 18.8. The Kier molecular flexibility index (Phi) is 8.02. The summed E-state index contributed by atoms with van der Waals surface area (Å²) in [6, 6.07) is 28.5. The third kappa shape index (κ3) is 7.25. The predicted octanol–water partition coefficient (Wildman–Crippen LogP) is 12.3. The summed E-state index contributed by atoms with van der Waals surface area (Å²) in [4.78, 5) is 0. The zero-order chi connectivity index (χ0) is 28.7. The van der Waals surface area contributed by atoms with E-state index in [0.29, 0.717) is 10.8 Å². The molecule has 0 spiro atoms. The molecule has 40 heavy (non-hydrogen) atoms. The highest BCUT2D eigenvalue weighted by atomic mass is 14.2. The van der Waals surface area contributed by atoms with Gasteiger partial charge in [0.25, 0.3) is 0 Å². The van der Waals surface area contributed by atoms with Crippen LogP contribution in [-0.2, 0) is 12.8 Å². The van der Waals surface area contributed by atoms with E-state index >= 15 is 0 Å². The summed E-state index contributed by atoms with van der Waals surface area (Å²) in [6.07, 6.45) is 7.39. The highest BCUT2D eigenvalue weighted by Crippen LogP contribution is 2.33. The van der Waals surface area contributed by atoms with Gasteiger partial charge in [-0.3, -0.25) is 0 Å². The van der Waals surface area contributed by atoms with Gasteiger partial charge in [0.15, 0.2) is 0 Å². The average molecular weight is 531 g/mol. The molecule has 0 radical (unpaired) electrons. The van der Waals surface area contributed by atoms with Crippen LogP contribution in [0.25, 0.3) is 43.1 Å². The Balaban J connectivity index is 1.39. The summed E-state index contributed by atoms with van der Waals surface area (Å²) in [6.45, 7) is 18.9. The molecule has 0 nitrogen and oxygen atoms in total. The van der Waals surface area contributed by atoms with E-state index in [-0.39, 0.29) is 0 Å². The maximum Gasteiger partial charge on any atom is -0.0171 e. The second-order valence-corrected chi connectivity index (χ2v) is 15.4. The van der Waals surface area contributed by atoms with E-state index in [2.05, 4.69) is 128 Å². The Bertz CT molecular complexity index is 1520. The minimum absolute atomic E-state index is 0.405. The van der Waals surface area contributed by atoms with Crippen LogP contribution in [0.4, 0.5) is 0 Å². The van der Waals surface area contributed by atoms with Crippen LogP contribution in [0, 0.1) is 22.7 Å². The van der Waals surface area contributed by atoms with Crippen LogP contribution in [0.5, 0.6) is 0 Å². The third-order valence-corrected chi connectivity index (χ3v) is 8.61. The minimum Gasteiger partial charge on any atom is -0.0625 e. The molecule has 0 bridgehead atoms. The predicted molar refractivity (Wildman–Crippen MR) is 180 cm³/mol. The van der Waals surface area contributed by atoms with Crippen molar-refractivity contribution < 1.29 is 0 Å². The average Bonchev–Trinajstić information content (AvgIpc) is 2.85. The fourth-order valence-corrected chi connectivity index (χ4v) is 7.03. The molecule has 0 heteroatoms. The van der Waals surface area contributed by atoms with Gasteiger partial charge in [0.05, 0.1) is 0 Å². The summed E-state index contributed by atoms with van der Waals surface area (Å²) in [5.41, 5.74) is 3.73. The zero-order valence-corrected chi connectivity index (χ0v) is 26.3. The lowest BCUT2D eigenvalue weighted by Gasteiger charge is -2.23. The fraction of sp³-hybridized carbons (Fsp3) is 0.450. The highest BCUT2D eigenvalue weighted by Gasteiger charge is 2.16. The summed E-state index contributed by atoms with van der Waals surface area (Å²) in [7, 11) is 0. The Morgan fingerprint density at radius 1 is 0.425 bits per heavy atom. The highest BCUT2D eigenvalue weighted by molar-refractivity contribution is 6.08. The van der Waals surface area contributed by atoms with Crippen molar-refractivity contribution in [3.05, 3.63) is 83.9 Å². The molecule has 5 rings (SSSR count). The van der Waals surface area contributed by atoms with Gasteiger partial charge < -0.3 is 0 Å². The smallest absolute Gasteiger partial charge is 0.0171 e. The van der Waals surface area contributed by atoms with Crippen molar-refractivity contribution in [3.63, 3.8) is 0 Å². The van der Waals surface area contributed by atoms with E-state index in [1.54, 1.807) is 0 Å². The van der Waals surface area contributed by atoms with Crippen molar-refractivity contribution in [2.24, 2.45) is 22.7 Å². The number of rotatable bonds is 8. The maximum atomic E-state index is 2.43. The van der Waals surface area contributed by atoms with Gasteiger partial charge in [0.2, 0.25) is 0 Å². The normalized spacial score (nSPS) is 14.4. The van der Waals surface area contributed by atoms with Crippen LogP contribution >= 0.6 is 0 Å². The molecule has 0 aliphatic carbocycles. The first kappa shape index (κ1) is 28.7. The molecule has 5 aromatic rings. The Labute approximate surface area is 243 Å². The van der Waals surface area contributed by atoms with Gasteiger partial charge in [-0.2, -0.15) is 0 Å². The molecule has 0 fully saturated rings. The lowest BCUT2D eigenvalue weighted by atomic mass is 9.83. The molecular formula is C40H50. The lowest BCUT2D eigenvalue weighted by Crippen LogP contribution is -2.11. The van der Waals surface area contributed by atoms with Gasteiger partial charge in [-0.15, -0.1) is 0 Å². The van der Waals surface area contributed by atoms with Gasteiger partial charge in [0.1, 0.15) is 0 Å². The van der Waals surface area contributed by atoms with Crippen molar-refractivity contribution in [1.29, 1.82) is 0 Å². The maximum absolute atomic E-state index is 2.43. The largest absolute Gasteiger partial charge is 0.0625 e. The van der Waals surface area contributed by atoms with Gasteiger partial charge in [-0.25, -0.2) is 0 Å². The van der Waals surface area contributed by atoms with E-state index in [4.69, 9.17) is 0 Å². The van der Waals surface area contributed by atoms with Crippen LogP contribution in [-0.4, -0.2) is 0 Å². The SMILES string of the molecule is CC(CCc1ccc2cc3cc4cc5ccc(CCC(C)CC(C)(C)C)cc5cc4cc3cc2c1)CC(C)(C)C. The molecule has 0 N–H and O–H groups in total. The molecule has 0 aliphatic rings. The molecule has 0 heterocycles. The van der Waals surface area contributed by atoms with E-state index in [9.17, 15) is 0 Å². The summed E-state index contributed by atoms with van der Waals surface area (Å²) >= 11 is 0. The monoisotopic (exact) mass is 530 g/mol.